The predicted octanol–water partition coefficient (Wildman–Crippen LogP) is 9.86. The third-order valence-electron chi connectivity index (χ3n) is 8.58. The van der Waals surface area contributed by atoms with Gasteiger partial charge in [0.1, 0.15) is 11.5 Å². The van der Waals surface area contributed by atoms with Crippen molar-refractivity contribution in [1.82, 2.24) is 9.97 Å². The molecule has 0 saturated carbocycles. The van der Waals surface area contributed by atoms with Crippen molar-refractivity contribution >= 4 is 0 Å². The van der Waals surface area contributed by atoms with Gasteiger partial charge in [0.15, 0.2) is 0 Å². The summed E-state index contributed by atoms with van der Waals surface area (Å²) >= 11 is 0. The van der Waals surface area contributed by atoms with Gasteiger partial charge in [-0.2, -0.15) is 0 Å². The average molecular weight is 576 g/mol. The lowest BCUT2D eigenvalue weighted by atomic mass is 9.80. The number of rotatable bonds is 7. The van der Waals surface area contributed by atoms with Crippen LogP contribution in [0.4, 0.5) is 0 Å². The van der Waals surface area contributed by atoms with Gasteiger partial charge in [0.05, 0.1) is 19.9 Å². The highest BCUT2D eigenvalue weighted by Crippen LogP contribution is 2.47. The van der Waals surface area contributed by atoms with Crippen LogP contribution in [0.25, 0.3) is 55.8 Å². The number of pyridine rings is 2. The minimum absolute atomic E-state index is 0.789. The van der Waals surface area contributed by atoms with E-state index in [4.69, 9.17) is 14.5 Å². The zero-order valence-corrected chi connectivity index (χ0v) is 26.0. The number of aryl methyl sites for hydroxylation is 1. The van der Waals surface area contributed by atoms with Gasteiger partial charge in [-0.15, -0.1) is 0 Å². The van der Waals surface area contributed by atoms with Gasteiger partial charge in [-0.1, -0.05) is 36.4 Å². The molecule has 0 N–H and O–H groups in total. The Morgan fingerprint density at radius 2 is 1.32 bits per heavy atom. The van der Waals surface area contributed by atoms with Crippen LogP contribution in [0.3, 0.4) is 0 Å². The summed E-state index contributed by atoms with van der Waals surface area (Å²) in [4.78, 5) is 9.24. The number of methoxy groups -OCH3 is 2. The molecule has 0 fully saturated rings. The van der Waals surface area contributed by atoms with E-state index >= 15 is 0 Å². The molecule has 6 aromatic rings. The molecule has 2 heterocycles. The van der Waals surface area contributed by atoms with Crippen molar-refractivity contribution in [1.29, 1.82) is 0 Å². The van der Waals surface area contributed by atoms with E-state index in [1.165, 1.54) is 22.3 Å². The van der Waals surface area contributed by atoms with E-state index in [2.05, 4.69) is 81.2 Å². The normalized spacial score (nSPS) is 11.0. The summed E-state index contributed by atoms with van der Waals surface area (Å²) in [5.41, 5.74) is 15.4. The fraction of sp³-hybridized carbons (Fsp3) is 0.150. The average Bonchev–Trinajstić information content (AvgIpc) is 3.07. The molecule has 44 heavy (non-hydrogen) atoms. The van der Waals surface area contributed by atoms with Crippen molar-refractivity contribution in [2.75, 3.05) is 14.2 Å². The maximum absolute atomic E-state index is 5.67. The zero-order chi connectivity index (χ0) is 30.8. The molecule has 0 aliphatic heterocycles. The molecule has 0 unspecified atom stereocenters. The van der Waals surface area contributed by atoms with Crippen LogP contribution in [-0.2, 0) is 0 Å². The first-order valence-corrected chi connectivity index (χ1v) is 14.7. The number of nitrogens with zero attached hydrogens (tertiary/aromatic N) is 2. The van der Waals surface area contributed by atoms with Crippen LogP contribution in [0.15, 0.2) is 104 Å². The molecule has 0 aliphatic carbocycles. The summed E-state index contributed by atoms with van der Waals surface area (Å²) in [7, 11) is 3.39. The van der Waals surface area contributed by atoms with Crippen LogP contribution in [0.2, 0.25) is 0 Å². The second kappa shape index (κ2) is 12.2. The summed E-state index contributed by atoms with van der Waals surface area (Å²) < 4.78 is 11.1. The number of hydrogen-bond donors (Lipinski definition) is 0. The van der Waals surface area contributed by atoms with Crippen molar-refractivity contribution < 1.29 is 9.47 Å². The van der Waals surface area contributed by atoms with Crippen LogP contribution in [0.1, 0.15) is 22.3 Å². The van der Waals surface area contributed by atoms with E-state index in [-0.39, 0.29) is 0 Å². The predicted molar refractivity (Wildman–Crippen MR) is 180 cm³/mol. The van der Waals surface area contributed by atoms with Crippen molar-refractivity contribution in [2.45, 2.75) is 27.7 Å². The molecule has 217 valence electrons. The van der Waals surface area contributed by atoms with Crippen LogP contribution in [0, 0.1) is 33.8 Å². The highest BCUT2D eigenvalue weighted by atomic mass is 16.5. The molecule has 0 aliphatic rings. The highest BCUT2D eigenvalue weighted by molar-refractivity contribution is 5.99. The lowest BCUT2D eigenvalue weighted by molar-refractivity contribution is 0.415. The minimum Gasteiger partial charge on any atom is -0.497 e. The molecule has 0 saturated heterocycles. The Bertz CT molecular complexity index is 1950. The maximum atomic E-state index is 5.67. The maximum Gasteiger partial charge on any atom is 0.119 e. The minimum atomic E-state index is 0.789. The molecular weight excluding hydrogens is 540 g/mol. The molecule has 6 rings (SSSR count). The van der Waals surface area contributed by atoms with Crippen molar-refractivity contribution in [3.63, 3.8) is 0 Å². The van der Waals surface area contributed by atoms with Gasteiger partial charge >= 0.3 is 0 Å². The second-order valence-corrected chi connectivity index (χ2v) is 11.0. The number of benzene rings is 4. The molecular formula is C40H35N2O2. The first-order valence-electron chi connectivity index (χ1n) is 14.7. The molecule has 1 radical (unpaired) electrons. The van der Waals surface area contributed by atoms with Crippen LogP contribution in [-0.4, -0.2) is 24.2 Å². The van der Waals surface area contributed by atoms with E-state index in [1.54, 1.807) is 14.2 Å². The third kappa shape index (κ3) is 5.24. The van der Waals surface area contributed by atoms with E-state index < -0.39 is 0 Å². The van der Waals surface area contributed by atoms with Crippen LogP contribution >= 0.6 is 0 Å². The molecule has 0 bridgehead atoms. The molecule has 4 aromatic carbocycles. The molecule has 4 nitrogen and oxygen atoms in total. The SMILES string of the molecule is COc1ccc(-c2[c]c(-c3ccc(C)c(C)c3-c3ccc(OC)cc3-c3ccccn3)c(-c3cccnc3)c(C)c2C)cc1. The monoisotopic (exact) mass is 575 g/mol. The topological polar surface area (TPSA) is 44.2 Å². The van der Waals surface area contributed by atoms with Gasteiger partial charge in [-0.3, -0.25) is 9.97 Å². The van der Waals surface area contributed by atoms with Gasteiger partial charge < -0.3 is 9.47 Å². The number of aromatic nitrogens is 2. The van der Waals surface area contributed by atoms with Crippen molar-refractivity contribution in [3.05, 3.63) is 132 Å². The Balaban J connectivity index is 1.71. The lowest BCUT2D eigenvalue weighted by Gasteiger charge is -2.23. The quantitative estimate of drug-likeness (QED) is 0.190. The van der Waals surface area contributed by atoms with Crippen molar-refractivity contribution in [3.8, 4) is 67.3 Å². The fourth-order valence-corrected chi connectivity index (χ4v) is 5.94. The Labute approximate surface area is 260 Å². The highest BCUT2D eigenvalue weighted by Gasteiger charge is 2.23. The summed E-state index contributed by atoms with van der Waals surface area (Å²) in [6, 6.07) is 33.0. The van der Waals surface area contributed by atoms with Gasteiger partial charge in [0, 0.05) is 29.7 Å². The second-order valence-electron chi connectivity index (χ2n) is 11.0. The summed E-state index contributed by atoms with van der Waals surface area (Å²) in [6.07, 6.45) is 5.60. The third-order valence-corrected chi connectivity index (χ3v) is 8.58. The van der Waals surface area contributed by atoms with Crippen LogP contribution in [0.5, 0.6) is 11.5 Å². The first-order chi connectivity index (χ1) is 21.4. The molecule has 4 heteroatoms. The van der Waals surface area contributed by atoms with E-state index in [1.807, 2.05) is 61.1 Å². The molecule has 0 amide bonds. The number of ether oxygens (including phenoxy) is 2. The van der Waals surface area contributed by atoms with Gasteiger partial charge in [0.2, 0.25) is 0 Å². The summed E-state index contributed by atoms with van der Waals surface area (Å²) in [5, 5.41) is 0. The smallest absolute Gasteiger partial charge is 0.119 e. The summed E-state index contributed by atoms with van der Waals surface area (Å²) in [5.74, 6) is 1.62. The number of hydrogen-bond acceptors (Lipinski definition) is 4. The zero-order valence-electron chi connectivity index (χ0n) is 26.0. The first kappa shape index (κ1) is 28.9. The van der Waals surface area contributed by atoms with E-state index in [0.717, 1.165) is 67.3 Å². The molecule has 0 atom stereocenters. The Kier molecular flexibility index (Phi) is 7.99. The largest absolute Gasteiger partial charge is 0.497 e. The Hall–Kier alpha value is -5.22. The van der Waals surface area contributed by atoms with Gasteiger partial charge in [-0.05, 0) is 143 Å². The van der Waals surface area contributed by atoms with Crippen molar-refractivity contribution in [2.24, 2.45) is 0 Å². The van der Waals surface area contributed by atoms with E-state index in [9.17, 15) is 0 Å². The van der Waals surface area contributed by atoms with Crippen LogP contribution < -0.4 is 9.47 Å². The standard InChI is InChI=1S/C40H35N2O2/c1-25-12-18-34(40(26(25)2)33-19-17-32(44-6)22-36(33)38-11-7-8-21-42-38)37-23-35(29-13-15-31(43-5)16-14-29)27(3)28(4)39(37)30-10-9-20-41-24-30/h7-22,24H,1-6H3. The van der Waals surface area contributed by atoms with E-state index in [0.29, 0.717) is 0 Å². The molecule has 2 aromatic heterocycles. The van der Waals surface area contributed by atoms with Gasteiger partial charge in [-0.25, -0.2) is 0 Å². The molecule has 0 spiro atoms. The Morgan fingerprint density at radius 1 is 0.568 bits per heavy atom. The summed E-state index contributed by atoms with van der Waals surface area (Å²) in [6.45, 7) is 8.76. The lowest BCUT2D eigenvalue weighted by Crippen LogP contribution is -2.01. The van der Waals surface area contributed by atoms with Gasteiger partial charge in [0.25, 0.3) is 0 Å². The fourth-order valence-electron chi connectivity index (χ4n) is 5.94. The Morgan fingerprint density at radius 3 is 2.00 bits per heavy atom.